The molecule has 0 bridgehead atoms. The molecular weight excluding hydrogens is 461 g/mol. The van der Waals surface area contributed by atoms with Crippen LogP contribution in [0.2, 0.25) is 5.02 Å². The third kappa shape index (κ3) is 5.52. The van der Waals surface area contributed by atoms with Gasteiger partial charge >= 0.3 is 0 Å². The van der Waals surface area contributed by atoms with Crippen molar-refractivity contribution in [1.82, 2.24) is 15.5 Å². The molecule has 0 radical (unpaired) electrons. The van der Waals surface area contributed by atoms with E-state index in [0.717, 1.165) is 11.3 Å². The van der Waals surface area contributed by atoms with Crippen LogP contribution in [0.3, 0.4) is 0 Å². The van der Waals surface area contributed by atoms with Gasteiger partial charge in [-0.05, 0) is 36.8 Å². The zero-order valence-electron chi connectivity index (χ0n) is 18.3. The maximum absolute atomic E-state index is 14.3. The summed E-state index contributed by atoms with van der Waals surface area (Å²) in [4.78, 5) is 17.1. The van der Waals surface area contributed by atoms with E-state index in [9.17, 15) is 9.18 Å². The molecule has 2 aromatic heterocycles. The monoisotopic (exact) mass is 481 g/mol. The third-order valence-electron chi connectivity index (χ3n) is 4.89. The summed E-state index contributed by atoms with van der Waals surface area (Å²) in [6, 6.07) is 17.2. The fourth-order valence-electron chi connectivity index (χ4n) is 3.23. The van der Waals surface area contributed by atoms with Gasteiger partial charge in [0, 0.05) is 18.8 Å². The van der Waals surface area contributed by atoms with E-state index in [0.29, 0.717) is 19.1 Å². The van der Waals surface area contributed by atoms with Crippen molar-refractivity contribution in [3.63, 3.8) is 0 Å². The lowest BCUT2D eigenvalue weighted by molar-refractivity contribution is 0.0950. The van der Waals surface area contributed by atoms with E-state index < -0.39 is 11.7 Å². The van der Waals surface area contributed by atoms with E-state index in [1.165, 1.54) is 18.2 Å². The fourth-order valence-corrected chi connectivity index (χ4v) is 3.48. The number of ether oxygens (including phenoxy) is 2. The summed E-state index contributed by atoms with van der Waals surface area (Å²) in [5, 5.41) is 6.76. The number of hydrogen-bond acceptors (Lipinski definition) is 6. The molecule has 7 nitrogen and oxygen atoms in total. The van der Waals surface area contributed by atoms with Crippen molar-refractivity contribution in [2.24, 2.45) is 0 Å². The van der Waals surface area contributed by atoms with Crippen LogP contribution in [-0.4, -0.2) is 29.3 Å². The molecule has 0 saturated carbocycles. The lowest BCUT2D eigenvalue weighted by atomic mass is 10.0. The molecule has 0 unspecified atom stereocenters. The van der Waals surface area contributed by atoms with Gasteiger partial charge in [0.1, 0.15) is 41.8 Å². The van der Waals surface area contributed by atoms with E-state index >= 15 is 0 Å². The van der Waals surface area contributed by atoms with Crippen LogP contribution in [0.5, 0.6) is 11.6 Å². The van der Waals surface area contributed by atoms with Gasteiger partial charge in [-0.25, -0.2) is 9.37 Å². The largest absolute Gasteiger partial charge is 0.490 e. The number of carbonyl (C=O) groups is 1. The molecular formula is C25H21ClFN3O4. The molecule has 4 aromatic rings. The molecule has 0 aliphatic carbocycles. The lowest BCUT2D eigenvalue weighted by Crippen LogP contribution is -2.24. The SMILES string of the molecule is Cc1onc(-c2c(F)cccc2Cl)c1C(=O)NCc1ccc(OCCOc2ccccc2)nc1. The number of hydrogen-bond donors (Lipinski definition) is 1. The minimum Gasteiger partial charge on any atom is -0.490 e. The molecule has 0 aliphatic heterocycles. The van der Waals surface area contributed by atoms with Gasteiger partial charge in [-0.3, -0.25) is 4.79 Å². The summed E-state index contributed by atoms with van der Waals surface area (Å²) in [5.41, 5.74) is 0.947. The summed E-state index contributed by atoms with van der Waals surface area (Å²) >= 11 is 6.13. The maximum atomic E-state index is 14.3. The second-order valence-corrected chi connectivity index (χ2v) is 7.66. The zero-order chi connectivity index (χ0) is 23.9. The normalized spacial score (nSPS) is 10.7. The zero-order valence-corrected chi connectivity index (χ0v) is 19.0. The average molecular weight is 482 g/mol. The van der Waals surface area contributed by atoms with Crippen LogP contribution in [0, 0.1) is 12.7 Å². The van der Waals surface area contributed by atoms with Gasteiger partial charge in [0.15, 0.2) is 0 Å². The number of amides is 1. The molecule has 4 rings (SSSR count). The second-order valence-electron chi connectivity index (χ2n) is 7.26. The summed E-state index contributed by atoms with van der Waals surface area (Å²) in [5.74, 6) is 0.411. The summed E-state index contributed by atoms with van der Waals surface area (Å²) in [6.45, 7) is 2.50. The Morgan fingerprint density at radius 1 is 1.06 bits per heavy atom. The van der Waals surface area contributed by atoms with Crippen LogP contribution in [0.15, 0.2) is 71.4 Å². The first-order chi connectivity index (χ1) is 16.5. The molecule has 0 aliphatic rings. The van der Waals surface area contributed by atoms with Crippen molar-refractivity contribution in [2.45, 2.75) is 13.5 Å². The minimum atomic E-state index is -0.594. The molecule has 0 fully saturated rings. The number of rotatable bonds is 9. The number of aromatic nitrogens is 2. The Kier molecular flexibility index (Phi) is 7.39. The highest BCUT2D eigenvalue weighted by molar-refractivity contribution is 6.33. The van der Waals surface area contributed by atoms with Crippen molar-refractivity contribution in [1.29, 1.82) is 0 Å². The van der Waals surface area contributed by atoms with Gasteiger partial charge in [0.05, 0.1) is 10.6 Å². The van der Waals surface area contributed by atoms with Gasteiger partial charge < -0.3 is 19.3 Å². The molecule has 1 amide bonds. The number of pyridine rings is 1. The third-order valence-corrected chi connectivity index (χ3v) is 5.20. The van der Waals surface area contributed by atoms with E-state index in [4.69, 9.17) is 25.6 Å². The predicted octanol–water partition coefficient (Wildman–Crippen LogP) is 5.23. The highest BCUT2D eigenvalue weighted by Crippen LogP contribution is 2.33. The Bertz CT molecular complexity index is 1240. The molecule has 1 N–H and O–H groups in total. The molecule has 0 saturated heterocycles. The first kappa shape index (κ1) is 23.3. The Labute approximate surface area is 200 Å². The van der Waals surface area contributed by atoms with Crippen molar-refractivity contribution < 1.29 is 23.2 Å². The first-order valence-corrected chi connectivity index (χ1v) is 10.8. The van der Waals surface area contributed by atoms with E-state index in [-0.39, 0.29) is 34.1 Å². The van der Waals surface area contributed by atoms with Crippen molar-refractivity contribution >= 4 is 17.5 Å². The number of para-hydroxylation sites is 1. The van der Waals surface area contributed by atoms with E-state index in [1.807, 2.05) is 30.3 Å². The Balaban J connectivity index is 1.33. The Morgan fingerprint density at radius 2 is 1.85 bits per heavy atom. The molecule has 34 heavy (non-hydrogen) atoms. The molecule has 0 spiro atoms. The van der Waals surface area contributed by atoms with E-state index in [2.05, 4.69) is 15.5 Å². The van der Waals surface area contributed by atoms with Crippen molar-refractivity contribution in [3.05, 3.63) is 94.6 Å². The van der Waals surface area contributed by atoms with Crippen LogP contribution in [0.1, 0.15) is 21.7 Å². The quantitative estimate of drug-likeness (QED) is 0.330. The lowest BCUT2D eigenvalue weighted by Gasteiger charge is -2.09. The van der Waals surface area contributed by atoms with Crippen LogP contribution in [-0.2, 0) is 6.54 Å². The minimum absolute atomic E-state index is 0.0191. The molecule has 2 heterocycles. The number of halogens is 2. The van der Waals surface area contributed by atoms with Crippen LogP contribution in [0.4, 0.5) is 4.39 Å². The van der Waals surface area contributed by atoms with Gasteiger partial charge in [0.25, 0.3) is 5.91 Å². The topological polar surface area (TPSA) is 86.5 Å². The number of nitrogens with zero attached hydrogens (tertiary/aromatic N) is 2. The predicted molar refractivity (Wildman–Crippen MR) is 124 cm³/mol. The average Bonchev–Trinajstić information content (AvgIpc) is 3.22. The molecule has 2 aromatic carbocycles. The second kappa shape index (κ2) is 10.8. The summed E-state index contributed by atoms with van der Waals surface area (Å²) in [6.07, 6.45) is 1.60. The smallest absolute Gasteiger partial charge is 0.257 e. The Hall–Kier alpha value is -3.91. The Morgan fingerprint density at radius 3 is 2.59 bits per heavy atom. The summed E-state index contributed by atoms with van der Waals surface area (Å²) in [7, 11) is 0. The number of carbonyl (C=O) groups excluding carboxylic acids is 1. The van der Waals surface area contributed by atoms with Gasteiger partial charge in [-0.1, -0.05) is 47.1 Å². The van der Waals surface area contributed by atoms with E-state index in [1.54, 1.807) is 25.3 Å². The first-order valence-electron chi connectivity index (χ1n) is 10.5. The number of nitrogens with one attached hydrogen (secondary N) is 1. The van der Waals surface area contributed by atoms with Crippen LogP contribution in [0.25, 0.3) is 11.3 Å². The molecule has 0 atom stereocenters. The summed E-state index contributed by atoms with van der Waals surface area (Å²) < 4.78 is 30.6. The standard InChI is InChI=1S/C25H21ClFN3O4/c1-16-22(24(30-34-16)23-19(26)8-5-9-20(23)27)25(31)29-15-17-10-11-21(28-14-17)33-13-12-32-18-6-3-2-4-7-18/h2-11,14H,12-13,15H2,1H3,(H,29,31). The molecule has 174 valence electrons. The van der Waals surface area contributed by atoms with Crippen molar-refractivity contribution in [3.8, 4) is 22.9 Å². The van der Waals surface area contributed by atoms with Crippen molar-refractivity contribution in [2.75, 3.05) is 13.2 Å². The fraction of sp³-hybridized carbons (Fsp3) is 0.160. The highest BCUT2D eigenvalue weighted by Gasteiger charge is 2.25. The highest BCUT2D eigenvalue weighted by atomic mass is 35.5. The van der Waals surface area contributed by atoms with Gasteiger partial charge in [0.2, 0.25) is 5.88 Å². The van der Waals surface area contributed by atoms with Crippen LogP contribution >= 0.6 is 11.6 Å². The number of benzene rings is 2. The van der Waals surface area contributed by atoms with Gasteiger partial charge in [-0.15, -0.1) is 0 Å². The van der Waals surface area contributed by atoms with Crippen LogP contribution < -0.4 is 14.8 Å². The molecule has 9 heteroatoms. The van der Waals surface area contributed by atoms with Gasteiger partial charge in [-0.2, -0.15) is 0 Å². The maximum Gasteiger partial charge on any atom is 0.257 e. The number of aryl methyl sites for hydroxylation is 1.